The van der Waals surface area contributed by atoms with Crippen LogP contribution in [0, 0.1) is 5.92 Å². The molecule has 0 spiro atoms. The van der Waals surface area contributed by atoms with Crippen LogP contribution in [-0.4, -0.2) is 28.9 Å². The van der Waals surface area contributed by atoms with E-state index < -0.39 is 36.2 Å². The number of hydrogen-bond donors (Lipinski definition) is 4. The molecule has 74 valence electrons. The fourth-order valence-electron chi connectivity index (χ4n) is 0.783. The van der Waals surface area contributed by atoms with Gasteiger partial charge in [-0.15, -0.1) is 0 Å². The minimum absolute atomic E-state index is 0.501. The molecule has 0 bridgehead atoms. The van der Waals surface area contributed by atoms with Crippen LogP contribution in [0.4, 0.5) is 0 Å². The van der Waals surface area contributed by atoms with Gasteiger partial charge in [0.25, 0.3) is 0 Å². The molecule has 0 rings (SSSR count). The summed E-state index contributed by atoms with van der Waals surface area (Å²) in [6.07, 6.45) is -2.27. The lowest BCUT2D eigenvalue weighted by Crippen LogP contribution is -2.43. The Kier molecular flexibility index (Phi) is 3.86. The molecule has 2 unspecified atom stereocenters. The summed E-state index contributed by atoms with van der Waals surface area (Å²) in [6.45, 7) is 0. The van der Waals surface area contributed by atoms with E-state index in [1.807, 2.05) is 0 Å². The molecule has 0 radical (unpaired) electrons. The van der Waals surface area contributed by atoms with Crippen molar-refractivity contribution in [1.82, 2.24) is 0 Å². The zero-order valence-corrected chi connectivity index (χ0v) is 6.77. The molecule has 0 saturated carbocycles. The van der Waals surface area contributed by atoms with E-state index in [-0.39, 0.29) is 0 Å². The highest BCUT2D eigenvalue weighted by Gasteiger charge is 2.30. The second kappa shape index (κ2) is 4.41. The monoisotopic (exact) mass is 189 g/mol. The zero-order chi connectivity index (χ0) is 10.6. The van der Waals surface area contributed by atoms with E-state index in [0.29, 0.717) is 0 Å². The van der Waals surface area contributed by atoms with Gasteiger partial charge in [0.2, 0.25) is 17.7 Å². The van der Waals surface area contributed by atoms with Crippen LogP contribution >= 0.6 is 0 Å². The molecular weight excluding hydrogens is 178 g/mol. The van der Waals surface area contributed by atoms with E-state index in [0.717, 1.165) is 0 Å². The number of aliphatic hydroxyl groups excluding tert-OH is 1. The smallest absolute Gasteiger partial charge is 0.247 e. The molecule has 3 amide bonds. The number of primary amides is 3. The van der Waals surface area contributed by atoms with Crippen LogP contribution in [0.5, 0.6) is 0 Å². The van der Waals surface area contributed by atoms with Crippen molar-refractivity contribution in [3.63, 3.8) is 0 Å². The molecule has 0 aliphatic heterocycles. The normalized spacial score (nSPS) is 14.5. The minimum Gasteiger partial charge on any atom is -0.382 e. The quantitative estimate of drug-likeness (QED) is 0.360. The average molecular weight is 189 g/mol. The zero-order valence-electron chi connectivity index (χ0n) is 6.77. The molecule has 2 atom stereocenters. The molecular formula is C6H11N3O4. The largest absolute Gasteiger partial charge is 0.382 e. The Morgan fingerprint density at radius 2 is 1.54 bits per heavy atom. The Morgan fingerprint density at radius 3 is 1.77 bits per heavy atom. The Hall–Kier alpha value is -1.63. The van der Waals surface area contributed by atoms with Gasteiger partial charge in [0.05, 0.1) is 5.92 Å². The van der Waals surface area contributed by atoms with Gasteiger partial charge in [0, 0.05) is 6.42 Å². The van der Waals surface area contributed by atoms with Gasteiger partial charge in [0.1, 0.15) is 6.10 Å². The lowest BCUT2D eigenvalue weighted by molar-refractivity contribution is -0.138. The van der Waals surface area contributed by atoms with E-state index >= 15 is 0 Å². The third-order valence-corrected chi connectivity index (χ3v) is 1.46. The highest BCUT2D eigenvalue weighted by Crippen LogP contribution is 2.07. The second-order valence-electron chi connectivity index (χ2n) is 2.53. The highest BCUT2D eigenvalue weighted by molar-refractivity contribution is 5.90. The summed E-state index contributed by atoms with van der Waals surface area (Å²) in [5, 5.41) is 9.02. The Morgan fingerprint density at radius 1 is 1.08 bits per heavy atom. The fourth-order valence-corrected chi connectivity index (χ4v) is 0.783. The Labute approximate surface area is 73.9 Å². The molecule has 0 aromatic rings. The van der Waals surface area contributed by atoms with Crippen molar-refractivity contribution < 1.29 is 19.5 Å². The first-order chi connectivity index (χ1) is 5.86. The lowest BCUT2D eigenvalue weighted by atomic mass is 9.97. The molecule has 13 heavy (non-hydrogen) atoms. The van der Waals surface area contributed by atoms with Gasteiger partial charge in [-0.1, -0.05) is 0 Å². The predicted octanol–water partition coefficient (Wildman–Crippen LogP) is -3.19. The van der Waals surface area contributed by atoms with Crippen molar-refractivity contribution >= 4 is 17.7 Å². The molecule has 0 fully saturated rings. The van der Waals surface area contributed by atoms with Gasteiger partial charge >= 0.3 is 0 Å². The number of rotatable bonds is 5. The summed E-state index contributed by atoms with van der Waals surface area (Å²) < 4.78 is 0. The molecule has 0 aromatic heterocycles. The fraction of sp³-hybridized carbons (Fsp3) is 0.500. The van der Waals surface area contributed by atoms with Crippen molar-refractivity contribution in [2.24, 2.45) is 23.1 Å². The first-order valence-electron chi connectivity index (χ1n) is 3.41. The number of hydrogen-bond acceptors (Lipinski definition) is 4. The van der Waals surface area contributed by atoms with Gasteiger partial charge in [0.15, 0.2) is 0 Å². The molecule has 0 aliphatic rings. The molecule has 0 aliphatic carbocycles. The van der Waals surface area contributed by atoms with Crippen molar-refractivity contribution in [2.45, 2.75) is 12.5 Å². The number of carbonyl (C=O) groups excluding carboxylic acids is 3. The number of aliphatic hydroxyl groups is 1. The van der Waals surface area contributed by atoms with E-state index in [9.17, 15) is 14.4 Å². The van der Waals surface area contributed by atoms with Crippen LogP contribution in [0.25, 0.3) is 0 Å². The van der Waals surface area contributed by atoms with Crippen molar-refractivity contribution in [3.8, 4) is 0 Å². The molecule has 7 nitrogen and oxygen atoms in total. The number of nitrogens with two attached hydrogens (primary N) is 3. The van der Waals surface area contributed by atoms with Gasteiger partial charge in [-0.05, 0) is 0 Å². The SMILES string of the molecule is NC(=O)CC(C(N)=O)C(O)C(N)=O. The van der Waals surface area contributed by atoms with Crippen molar-refractivity contribution in [2.75, 3.05) is 0 Å². The van der Waals surface area contributed by atoms with Gasteiger partial charge in [-0.2, -0.15) is 0 Å². The molecule has 0 aromatic carbocycles. The van der Waals surface area contributed by atoms with E-state index in [2.05, 4.69) is 0 Å². The Bertz CT molecular complexity index is 240. The van der Waals surface area contributed by atoms with Crippen molar-refractivity contribution in [1.29, 1.82) is 0 Å². The van der Waals surface area contributed by atoms with Gasteiger partial charge in [-0.3, -0.25) is 14.4 Å². The second-order valence-corrected chi connectivity index (χ2v) is 2.53. The highest BCUT2D eigenvalue weighted by atomic mass is 16.3. The summed E-state index contributed by atoms with van der Waals surface area (Å²) in [4.78, 5) is 31.5. The first kappa shape index (κ1) is 11.4. The van der Waals surface area contributed by atoms with E-state index in [1.165, 1.54) is 0 Å². The van der Waals surface area contributed by atoms with Crippen LogP contribution in [0.1, 0.15) is 6.42 Å². The predicted molar refractivity (Wildman–Crippen MR) is 41.7 cm³/mol. The van der Waals surface area contributed by atoms with Crippen LogP contribution in [-0.2, 0) is 14.4 Å². The first-order valence-corrected chi connectivity index (χ1v) is 3.41. The number of carbonyl (C=O) groups is 3. The third kappa shape index (κ3) is 3.52. The van der Waals surface area contributed by atoms with E-state index in [1.54, 1.807) is 0 Å². The van der Waals surface area contributed by atoms with Crippen LogP contribution < -0.4 is 17.2 Å². The third-order valence-electron chi connectivity index (χ3n) is 1.46. The Balaban J connectivity index is 4.51. The standard InChI is InChI=1S/C6H11N3O4/c7-3(10)1-2(5(8)12)4(11)6(9)13/h2,4,11H,1H2,(H2,7,10)(H2,8,12)(H2,9,13). The maximum atomic E-state index is 10.6. The van der Waals surface area contributed by atoms with E-state index in [4.69, 9.17) is 22.3 Å². The number of amides is 3. The summed E-state index contributed by atoms with van der Waals surface area (Å²) in [5.74, 6) is -4.31. The van der Waals surface area contributed by atoms with Crippen LogP contribution in [0.15, 0.2) is 0 Å². The maximum absolute atomic E-state index is 10.6. The van der Waals surface area contributed by atoms with Crippen LogP contribution in [0.3, 0.4) is 0 Å². The molecule has 7 heteroatoms. The topological polar surface area (TPSA) is 150 Å². The summed E-state index contributed by atoms with van der Waals surface area (Å²) in [6, 6.07) is 0. The molecule has 0 heterocycles. The van der Waals surface area contributed by atoms with Gasteiger partial charge < -0.3 is 22.3 Å². The molecule has 0 saturated heterocycles. The lowest BCUT2D eigenvalue weighted by Gasteiger charge is -2.14. The summed E-state index contributed by atoms with van der Waals surface area (Å²) in [7, 11) is 0. The minimum atomic E-state index is -1.77. The van der Waals surface area contributed by atoms with Gasteiger partial charge in [-0.25, -0.2) is 0 Å². The summed E-state index contributed by atoms with van der Waals surface area (Å²) >= 11 is 0. The molecule has 7 N–H and O–H groups in total. The maximum Gasteiger partial charge on any atom is 0.247 e. The average Bonchev–Trinajstić information content (AvgIpc) is 1.97. The van der Waals surface area contributed by atoms with Crippen molar-refractivity contribution in [3.05, 3.63) is 0 Å². The summed E-state index contributed by atoms with van der Waals surface area (Å²) in [5.41, 5.74) is 14.3. The van der Waals surface area contributed by atoms with Crippen LogP contribution in [0.2, 0.25) is 0 Å².